The number of carboxylic acids is 1. The minimum Gasteiger partial charge on any atom is -0.478 e. The predicted molar refractivity (Wildman–Crippen MR) is 135 cm³/mol. The van der Waals surface area contributed by atoms with Gasteiger partial charge in [0.1, 0.15) is 11.6 Å². The number of halogens is 2. The Morgan fingerprint density at radius 2 is 1.66 bits per heavy atom. The van der Waals surface area contributed by atoms with E-state index in [0.29, 0.717) is 11.5 Å². The number of rotatable bonds is 6. The first-order valence-corrected chi connectivity index (χ1v) is 11.4. The summed E-state index contributed by atoms with van der Waals surface area (Å²) in [6.07, 6.45) is 1.50. The molecule has 2 heterocycles. The number of aromatic carboxylic acids is 1. The number of carbonyl (C=O) groups excluding carboxylic acids is 2. The molecule has 1 aliphatic heterocycles. The van der Waals surface area contributed by atoms with E-state index in [0.717, 1.165) is 17.5 Å². The summed E-state index contributed by atoms with van der Waals surface area (Å²) in [7, 11) is 1.24. The number of hydrogen-bond donors (Lipinski definition) is 5. The van der Waals surface area contributed by atoms with E-state index in [-0.39, 0.29) is 22.6 Å². The summed E-state index contributed by atoms with van der Waals surface area (Å²) in [4.78, 5) is 43.9. The molecule has 0 bridgehead atoms. The smallest absolute Gasteiger partial charge is 0.337 e. The van der Waals surface area contributed by atoms with Crippen molar-refractivity contribution in [2.24, 2.45) is 5.73 Å². The van der Waals surface area contributed by atoms with Crippen LogP contribution in [0.15, 0.2) is 72.9 Å². The molecule has 0 saturated carbocycles. The van der Waals surface area contributed by atoms with Gasteiger partial charge in [0.05, 0.1) is 22.6 Å². The van der Waals surface area contributed by atoms with Crippen LogP contribution in [-0.2, 0) is 20.7 Å². The molecule has 2 atom stereocenters. The van der Waals surface area contributed by atoms with Crippen LogP contribution in [0.4, 0.5) is 20.2 Å². The Hall–Kier alpha value is -5.06. The highest BCUT2D eigenvalue weighted by atomic mass is 19.1. The van der Waals surface area contributed by atoms with Gasteiger partial charge in [0.15, 0.2) is 11.1 Å². The molecule has 0 radical (unpaired) electrons. The number of fused-ring (bicyclic) bond motifs is 2. The van der Waals surface area contributed by atoms with Crippen LogP contribution in [0.3, 0.4) is 0 Å². The number of aromatic nitrogens is 1. The van der Waals surface area contributed by atoms with Gasteiger partial charge in [0.2, 0.25) is 11.8 Å². The largest absolute Gasteiger partial charge is 0.478 e. The summed E-state index contributed by atoms with van der Waals surface area (Å²) in [5.41, 5.74) is 0.913. The molecule has 0 saturated heterocycles. The first kappa shape index (κ1) is 24.6. The van der Waals surface area contributed by atoms with Gasteiger partial charge < -0.3 is 26.8 Å². The van der Waals surface area contributed by atoms with Gasteiger partial charge in [-0.1, -0.05) is 30.3 Å². The number of pyridine rings is 1. The van der Waals surface area contributed by atoms with Gasteiger partial charge in [-0.2, -0.15) is 0 Å². The van der Waals surface area contributed by atoms with Gasteiger partial charge in [-0.3, -0.25) is 14.6 Å². The van der Waals surface area contributed by atoms with Crippen LogP contribution in [0, 0.1) is 11.6 Å². The molecule has 0 fully saturated rings. The third-order valence-electron chi connectivity index (χ3n) is 6.74. The molecule has 2 amide bonds. The molecule has 38 heavy (non-hydrogen) atoms. The van der Waals surface area contributed by atoms with Crippen LogP contribution in [0.2, 0.25) is 0 Å². The van der Waals surface area contributed by atoms with Crippen LogP contribution in [-0.4, -0.2) is 34.9 Å². The monoisotopic (exact) mass is 517 g/mol. The number of nitrogens with zero attached hydrogens (tertiary/aromatic N) is 1. The molecule has 192 valence electrons. The lowest BCUT2D eigenvalue weighted by molar-refractivity contribution is -0.138. The minimum atomic E-state index is -2.59. The fraction of sp³-hybridized carbons (Fsp3) is 0.111. The summed E-state index contributed by atoms with van der Waals surface area (Å²) in [5.74, 6) is -5.70. The van der Waals surface area contributed by atoms with Crippen molar-refractivity contribution in [2.45, 2.75) is 11.1 Å². The number of nitrogens with two attached hydrogens (primary N) is 1. The van der Waals surface area contributed by atoms with Crippen molar-refractivity contribution in [2.75, 3.05) is 17.7 Å². The SMILES string of the molecule is CNC(=O)C(C(N)=O)(c1cc(F)cc(F)c1)C1(c2cc3ccccc3cn2)Nc2cccc(C(=O)O)c2N1. The minimum absolute atomic E-state index is 0.0290. The second kappa shape index (κ2) is 8.80. The van der Waals surface area contributed by atoms with E-state index in [2.05, 4.69) is 20.9 Å². The van der Waals surface area contributed by atoms with E-state index < -0.39 is 46.1 Å². The van der Waals surface area contributed by atoms with Gasteiger partial charge >= 0.3 is 5.97 Å². The van der Waals surface area contributed by atoms with Crippen molar-refractivity contribution in [3.8, 4) is 0 Å². The molecule has 1 aliphatic rings. The van der Waals surface area contributed by atoms with E-state index in [9.17, 15) is 28.3 Å². The van der Waals surface area contributed by atoms with E-state index in [1.165, 1.54) is 31.4 Å². The Balaban J connectivity index is 1.93. The van der Waals surface area contributed by atoms with Crippen molar-refractivity contribution >= 4 is 39.9 Å². The number of anilines is 2. The summed E-state index contributed by atoms with van der Waals surface area (Å²) >= 11 is 0. The maximum atomic E-state index is 14.6. The molecule has 5 rings (SSSR count). The number of carboxylic acid groups (broad SMARTS) is 1. The average Bonchev–Trinajstić information content (AvgIpc) is 3.28. The van der Waals surface area contributed by atoms with Gasteiger partial charge in [-0.15, -0.1) is 0 Å². The molecule has 6 N–H and O–H groups in total. The molecular weight excluding hydrogens is 496 g/mol. The summed E-state index contributed by atoms with van der Waals surface area (Å²) in [6, 6.07) is 15.3. The molecule has 3 aromatic carbocycles. The average molecular weight is 517 g/mol. The molecule has 9 nitrogen and oxygen atoms in total. The number of para-hydroxylation sites is 1. The Bertz CT molecular complexity index is 1630. The van der Waals surface area contributed by atoms with Crippen molar-refractivity contribution < 1.29 is 28.3 Å². The topological polar surface area (TPSA) is 146 Å². The zero-order valence-electron chi connectivity index (χ0n) is 19.9. The zero-order valence-corrected chi connectivity index (χ0v) is 19.9. The lowest BCUT2D eigenvalue weighted by Crippen LogP contribution is -2.69. The zero-order chi connectivity index (χ0) is 27.2. The van der Waals surface area contributed by atoms with E-state index in [1.807, 2.05) is 0 Å². The summed E-state index contributed by atoms with van der Waals surface area (Å²) < 4.78 is 29.2. The quantitative estimate of drug-likeness (QED) is 0.247. The van der Waals surface area contributed by atoms with Crippen LogP contribution < -0.4 is 21.7 Å². The summed E-state index contributed by atoms with van der Waals surface area (Å²) in [6.45, 7) is 0. The maximum Gasteiger partial charge on any atom is 0.337 e. The first-order valence-electron chi connectivity index (χ1n) is 11.4. The Morgan fingerprint density at radius 1 is 0.974 bits per heavy atom. The lowest BCUT2D eigenvalue weighted by atomic mass is 9.66. The fourth-order valence-electron chi connectivity index (χ4n) is 5.10. The van der Waals surface area contributed by atoms with Gasteiger partial charge in [0.25, 0.3) is 0 Å². The summed E-state index contributed by atoms with van der Waals surface area (Å²) in [5, 5.41) is 19.7. The van der Waals surface area contributed by atoms with Crippen LogP contribution >= 0.6 is 0 Å². The van der Waals surface area contributed by atoms with Crippen molar-refractivity contribution in [1.82, 2.24) is 10.3 Å². The molecular formula is C27H21F2N5O4. The van der Waals surface area contributed by atoms with E-state index >= 15 is 0 Å². The van der Waals surface area contributed by atoms with Crippen molar-refractivity contribution in [1.29, 1.82) is 0 Å². The second-order valence-electron chi connectivity index (χ2n) is 8.80. The highest BCUT2D eigenvalue weighted by molar-refractivity contribution is 6.14. The number of nitrogens with one attached hydrogen (secondary N) is 3. The third kappa shape index (κ3) is 3.43. The highest BCUT2D eigenvalue weighted by Crippen LogP contribution is 2.52. The molecule has 11 heteroatoms. The van der Waals surface area contributed by atoms with E-state index in [4.69, 9.17) is 5.73 Å². The predicted octanol–water partition coefficient (Wildman–Crippen LogP) is 3.07. The molecule has 0 spiro atoms. The Kier molecular flexibility index (Phi) is 5.70. The number of amides is 2. The van der Waals surface area contributed by atoms with Gasteiger partial charge in [-0.05, 0) is 41.3 Å². The normalized spacial score (nSPS) is 17.6. The number of likely N-dealkylation sites (N-methyl/N-ethyl adjacent to an activating group) is 1. The molecule has 4 aromatic rings. The number of benzene rings is 3. The van der Waals surface area contributed by atoms with Crippen LogP contribution in [0.1, 0.15) is 21.6 Å². The lowest BCUT2D eigenvalue weighted by Gasteiger charge is -2.45. The highest BCUT2D eigenvalue weighted by Gasteiger charge is 2.66. The standard InChI is InChI=1S/C27H21F2N5O4/c1-31-25(38)26(24(30)37,16-10-17(28)12-18(29)11-16)27(21-9-14-5-2-3-6-15(14)13-32-21)33-20-8-4-7-19(23(35)36)22(20)34-27/h2-13,33-34H,1H3,(H2,30,37)(H,31,38)(H,35,36). The van der Waals surface area contributed by atoms with Crippen LogP contribution in [0.5, 0.6) is 0 Å². The van der Waals surface area contributed by atoms with Crippen molar-refractivity contribution in [3.05, 3.63) is 101 Å². The molecule has 2 unspecified atom stereocenters. The maximum absolute atomic E-state index is 14.6. The fourth-order valence-corrected chi connectivity index (χ4v) is 5.10. The van der Waals surface area contributed by atoms with E-state index in [1.54, 1.807) is 30.3 Å². The van der Waals surface area contributed by atoms with Crippen LogP contribution in [0.25, 0.3) is 10.8 Å². The van der Waals surface area contributed by atoms with Gasteiger partial charge in [0, 0.05) is 24.7 Å². The number of carbonyl (C=O) groups is 3. The Labute approximate surface area is 214 Å². The molecule has 1 aromatic heterocycles. The first-order chi connectivity index (χ1) is 18.1. The number of hydrogen-bond acceptors (Lipinski definition) is 6. The van der Waals surface area contributed by atoms with Gasteiger partial charge in [-0.25, -0.2) is 13.6 Å². The van der Waals surface area contributed by atoms with Crippen molar-refractivity contribution in [3.63, 3.8) is 0 Å². The second-order valence-corrected chi connectivity index (χ2v) is 8.80. The molecule has 0 aliphatic carbocycles. The Morgan fingerprint density at radius 3 is 2.29 bits per heavy atom. The third-order valence-corrected chi connectivity index (χ3v) is 6.74. The number of primary amides is 1.